The summed E-state index contributed by atoms with van der Waals surface area (Å²) in [7, 11) is 0. The van der Waals surface area contributed by atoms with Gasteiger partial charge in [0.2, 0.25) is 0 Å². The lowest BCUT2D eigenvalue weighted by Crippen LogP contribution is -2.50. The smallest absolute Gasteiger partial charge is 0.155 e. The number of rotatable bonds is 2. The number of hydrogen-bond acceptors (Lipinski definition) is 2. The van der Waals surface area contributed by atoms with Crippen LogP contribution in [0.5, 0.6) is 0 Å². The van der Waals surface area contributed by atoms with Crippen molar-refractivity contribution in [3.63, 3.8) is 0 Å². The molecule has 0 aromatic heterocycles. The predicted octanol–water partition coefficient (Wildman–Crippen LogP) is 4.37. The molecule has 0 bridgehead atoms. The molecule has 0 spiro atoms. The zero-order valence-electron chi connectivity index (χ0n) is 14.7. The number of carbonyl (C=O) groups excluding carboxylic acids is 1. The standard InChI is InChI=1S/C21H32O2/c1-3-12-9-14-10-15(22)5-6-16(14)20-13(4-2)11-18-17(21(12)20)7-8-19(18)23/h10,12-13,16-21,23H,3-9,11H2,1-2H3/t12-,13+,16+,17-,18?,19+,20-,21?/m1/s1. The Morgan fingerprint density at radius 1 is 1.04 bits per heavy atom. The summed E-state index contributed by atoms with van der Waals surface area (Å²) < 4.78 is 0. The van der Waals surface area contributed by atoms with Gasteiger partial charge >= 0.3 is 0 Å². The minimum atomic E-state index is -0.0441. The van der Waals surface area contributed by atoms with E-state index in [0.29, 0.717) is 17.6 Å². The van der Waals surface area contributed by atoms with Crippen LogP contribution in [-0.2, 0) is 4.79 Å². The second-order valence-electron chi connectivity index (χ2n) is 8.73. The van der Waals surface area contributed by atoms with Crippen LogP contribution in [0.25, 0.3) is 0 Å². The first-order valence-electron chi connectivity index (χ1n) is 10.0. The van der Waals surface area contributed by atoms with Crippen molar-refractivity contribution in [1.82, 2.24) is 0 Å². The maximum absolute atomic E-state index is 11.9. The van der Waals surface area contributed by atoms with Gasteiger partial charge in [0.25, 0.3) is 0 Å². The molecule has 0 aromatic rings. The fourth-order valence-electron chi connectivity index (χ4n) is 7.07. The molecule has 8 atom stereocenters. The molecule has 4 aliphatic rings. The summed E-state index contributed by atoms with van der Waals surface area (Å²) in [6.07, 6.45) is 11.0. The molecule has 3 saturated carbocycles. The Hall–Kier alpha value is -0.630. The number of aliphatic hydroxyl groups excluding tert-OH is 1. The van der Waals surface area contributed by atoms with Crippen molar-refractivity contribution in [2.75, 3.05) is 0 Å². The van der Waals surface area contributed by atoms with Crippen molar-refractivity contribution >= 4 is 5.78 Å². The maximum Gasteiger partial charge on any atom is 0.155 e. The second-order valence-corrected chi connectivity index (χ2v) is 8.73. The van der Waals surface area contributed by atoms with E-state index in [1.807, 2.05) is 6.08 Å². The summed E-state index contributed by atoms with van der Waals surface area (Å²) in [6.45, 7) is 4.68. The van der Waals surface area contributed by atoms with Gasteiger partial charge in [-0.25, -0.2) is 0 Å². The van der Waals surface area contributed by atoms with Crippen LogP contribution in [0.3, 0.4) is 0 Å². The van der Waals surface area contributed by atoms with Gasteiger partial charge in [-0.3, -0.25) is 4.79 Å². The van der Waals surface area contributed by atoms with Crippen molar-refractivity contribution in [1.29, 1.82) is 0 Å². The Labute approximate surface area is 140 Å². The first-order chi connectivity index (χ1) is 11.1. The Kier molecular flexibility index (Phi) is 4.16. The van der Waals surface area contributed by atoms with Crippen LogP contribution in [0.15, 0.2) is 11.6 Å². The van der Waals surface area contributed by atoms with Gasteiger partial charge in [-0.2, -0.15) is 0 Å². The second kappa shape index (κ2) is 6.02. The molecule has 23 heavy (non-hydrogen) atoms. The number of carbonyl (C=O) groups is 1. The van der Waals surface area contributed by atoms with Crippen LogP contribution in [0.2, 0.25) is 0 Å². The van der Waals surface area contributed by atoms with Gasteiger partial charge in [-0.15, -0.1) is 0 Å². The van der Waals surface area contributed by atoms with E-state index < -0.39 is 0 Å². The van der Waals surface area contributed by atoms with Crippen molar-refractivity contribution in [2.45, 2.75) is 71.3 Å². The van der Waals surface area contributed by atoms with Crippen molar-refractivity contribution in [3.05, 3.63) is 11.6 Å². The van der Waals surface area contributed by atoms with Crippen molar-refractivity contribution in [2.24, 2.45) is 41.4 Å². The van der Waals surface area contributed by atoms with Crippen LogP contribution >= 0.6 is 0 Å². The molecule has 3 fully saturated rings. The Bertz CT molecular complexity index is 508. The highest BCUT2D eigenvalue weighted by atomic mass is 16.3. The molecule has 0 aliphatic heterocycles. The molecule has 1 N–H and O–H groups in total. The van der Waals surface area contributed by atoms with Gasteiger partial charge in [0, 0.05) is 6.42 Å². The third kappa shape index (κ3) is 2.44. The van der Waals surface area contributed by atoms with Gasteiger partial charge in [-0.1, -0.05) is 32.3 Å². The Morgan fingerprint density at radius 3 is 2.57 bits per heavy atom. The van der Waals surface area contributed by atoms with Crippen LogP contribution in [-0.4, -0.2) is 17.0 Å². The zero-order chi connectivity index (χ0) is 16.1. The number of hydrogen-bond donors (Lipinski definition) is 1. The van der Waals surface area contributed by atoms with E-state index in [0.717, 1.165) is 55.3 Å². The first kappa shape index (κ1) is 15.9. The van der Waals surface area contributed by atoms with Crippen LogP contribution < -0.4 is 0 Å². The Morgan fingerprint density at radius 2 is 1.83 bits per heavy atom. The summed E-state index contributed by atoms with van der Waals surface area (Å²) in [4.78, 5) is 11.9. The highest BCUT2D eigenvalue weighted by molar-refractivity contribution is 5.91. The summed E-state index contributed by atoms with van der Waals surface area (Å²) in [5.74, 6) is 5.42. The molecule has 128 valence electrons. The quantitative estimate of drug-likeness (QED) is 0.821. The summed E-state index contributed by atoms with van der Waals surface area (Å²) in [5.41, 5.74) is 1.49. The van der Waals surface area contributed by atoms with Gasteiger partial charge in [0.05, 0.1) is 6.10 Å². The molecule has 0 aromatic carbocycles. The van der Waals surface area contributed by atoms with E-state index in [-0.39, 0.29) is 6.10 Å². The largest absolute Gasteiger partial charge is 0.393 e. The van der Waals surface area contributed by atoms with E-state index in [1.165, 1.54) is 31.3 Å². The maximum atomic E-state index is 11.9. The topological polar surface area (TPSA) is 37.3 Å². The molecule has 2 heteroatoms. The van der Waals surface area contributed by atoms with E-state index in [4.69, 9.17) is 0 Å². The molecular formula is C21H32O2. The highest BCUT2D eigenvalue weighted by Gasteiger charge is 2.55. The highest BCUT2D eigenvalue weighted by Crippen LogP contribution is 2.61. The molecule has 2 nitrogen and oxygen atoms in total. The SMILES string of the molecule is CC[C@@H]1CC2=CC(=O)CC[C@@H]2[C@@H]2C1[C@@H]1CC[C@H](O)C1C[C@@H]2CC. The van der Waals surface area contributed by atoms with E-state index >= 15 is 0 Å². The molecule has 0 heterocycles. The first-order valence-corrected chi connectivity index (χ1v) is 10.0. The van der Waals surface area contributed by atoms with Crippen LogP contribution in [0.4, 0.5) is 0 Å². The van der Waals surface area contributed by atoms with Crippen LogP contribution in [0.1, 0.15) is 65.2 Å². The van der Waals surface area contributed by atoms with Gasteiger partial charge in [0.15, 0.2) is 5.78 Å². The van der Waals surface area contributed by atoms with Crippen molar-refractivity contribution < 1.29 is 9.90 Å². The van der Waals surface area contributed by atoms with Crippen molar-refractivity contribution in [3.8, 4) is 0 Å². The molecule has 2 unspecified atom stereocenters. The molecule has 0 saturated heterocycles. The fraction of sp³-hybridized carbons (Fsp3) is 0.857. The summed E-state index contributed by atoms with van der Waals surface area (Å²) >= 11 is 0. The normalized spacial score (nSPS) is 49.2. The third-order valence-corrected chi connectivity index (χ3v) is 7.98. The van der Waals surface area contributed by atoms with E-state index in [2.05, 4.69) is 13.8 Å². The molecular weight excluding hydrogens is 284 g/mol. The third-order valence-electron chi connectivity index (χ3n) is 7.98. The number of ketones is 1. The molecule has 0 radical (unpaired) electrons. The average molecular weight is 316 g/mol. The fourth-order valence-corrected chi connectivity index (χ4v) is 7.07. The monoisotopic (exact) mass is 316 g/mol. The summed E-state index contributed by atoms with van der Waals surface area (Å²) in [5, 5.41) is 10.5. The van der Waals surface area contributed by atoms with E-state index in [1.54, 1.807) is 0 Å². The minimum Gasteiger partial charge on any atom is -0.393 e. The molecule has 4 aliphatic carbocycles. The minimum absolute atomic E-state index is 0.0441. The predicted molar refractivity (Wildman–Crippen MR) is 91.8 cm³/mol. The number of aliphatic hydroxyl groups is 1. The number of allylic oxidation sites excluding steroid dienone is 1. The average Bonchev–Trinajstić information content (AvgIpc) is 2.93. The van der Waals surface area contributed by atoms with Gasteiger partial charge < -0.3 is 5.11 Å². The lowest BCUT2D eigenvalue weighted by atomic mass is 9.49. The lowest BCUT2D eigenvalue weighted by molar-refractivity contribution is -0.116. The molecule has 0 amide bonds. The zero-order valence-corrected chi connectivity index (χ0v) is 14.7. The molecule has 4 rings (SSSR count). The summed E-state index contributed by atoms with van der Waals surface area (Å²) in [6, 6.07) is 0. The van der Waals surface area contributed by atoms with E-state index in [9.17, 15) is 9.90 Å². The number of fused-ring (bicyclic) bond motifs is 5. The van der Waals surface area contributed by atoms with Crippen LogP contribution in [0, 0.1) is 41.4 Å². The lowest BCUT2D eigenvalue weighted by Gasteiger charge is -2.56. The van der Waals surface area contributed by atoms with Gasteiger partial charge in [0.1, 0.15) is 0 Å². The van der Waals surface area contributed by atoms with Gasteiger partial charge in [-0.05, 0) is 79.6 Å². The Balaban J connectivity index is 1.73.